The van der Waals surface area contributed by atoms with Gasteiger partial charge >= 0.3 is 5.97 Å². The molecule has 0 spiro atoms. The Bertz CT molecular complexity index is 377. The molecule has 0 saturated carbocycles. The van der Waals surface area contributed by atoms with Crippen LogP contribution in [-0.4, -0.2) is 16.6 Å². The van der Waals surface area contributed by atoms with Gasteiger partial charge in [0.2, 0.25) is 0 Å². The number of pyridine rings is 1. The van der Waals surface area contributed by atoms with E-state index in [2.05, 4.69) is 11.6 Å². The van der Waals surface area contributed by atoms with Gasteiger partial charge in [0.1, 0.15) is 5.60 Å². The molecule has 80 valence electrons. The average Bonchev–Trinajstić information content (AvgIpc) is 2.15. The molecule has 1 aromatic heterocycles. The second-order valence-corrected chi connectivity index (χ2v) is 4.17. The Balaban J connectivity index is 2.96. The first-order chi connectivity index (χ1) is 6.94. The molecule has 0 saturated heterocycles. The maximum absolute atomic E-state index is 11.7. The predicted octanol–water partition coefficient (Wildman–Crippen LogP) is 2.68. The normalized spacial score (nSPS) is 10.9. The molecular weight excluding hydrogens is 190 g/mol. The predicted molar refractivity (Wildman–Crippen MR) is 59.5 cm³/mol. The Morgan fingerprint density at radius 2 is 2.20 bits per heavy atom. The van der Waals surface area contributed by atoms with Crippen LogP contribution in [0.1, 0.15) is 36.7 Å². The molecule has 0 aliphatic carbocycles. The molecule has 0 fully saturated rings. The third kappa shape index (κ3) is 3.20. The van der Waals surface area contributed by atoms with Gasteiger partial charge in [-0.05, 0) is 26.8 Å². The highest BCUT2D eigenvalue weighted by Gasteiger charge is 2.19. The Labute approximate surface area is 89.8 Å². The lowest BCUT2D eigenvalue weighted by Gasteiger charge is -2.19. The number of aromatic nitrogens is 1. The van der Waals surface area contributed by atoms with Crippen molar-refractivity contribution in [3.63, 3.8) is 0 Å². The number of ether oxygens (including phenoxy) is 1. The molecular formula is C12H15NO2. The minimum absolute atomic E-state index is 0.347. The fraction of sp³-hybridized carbons (Fsp3) is 0.333. The SMILES string of the molecule is C=Cc1cnccc1C(=O)OC(C)(C)C. The molecule has 1 rings (SSSR count). The van der Waals surface area contributed by atoms with Gasteiger partial charge in [0, 0.05) is 18.0 Å². The monoisotopic (exact) mass is 205 g/mol. The molecule has 1 heterocycles. The van der Waals surface area contributed by atoms with Crippen LogP contribution in [0.2, 0.25) is 0 Å². The summed E-state index contributed by atoms with van der Waals surface area (Å²) in [5.74, 6) is -0.347. The maximum atomic E-state index is 11.7. The van der Waals surface area contributed by atoms with Gasteiger partial charge in [0.25, 0.3) is 0 Å². The Hall–Kier alpha value is -1.64. The van der Waals surface area contributed by atoms with E-state index in [0.717, 1.165) is 0 Å². The number of carbonyl (C=O) groups is 1. The second kappa shape index (κ2) is 4.26. The molecule has 3 nitrogen and oxygen atoms in total. The van der Waals surface area contributed by atoms with E-state index in [9.17, 15) is 4.79 Å². The number of esters is 1. The lowest BCUT2D eigenvalue weighted by molar-refractivity contribution is 0.00692. The van der Waals surface area contributed by atoms with E-state index in [1.54, 1.807) is 24.5 Å². The number of hydrogen-bond donors (Lipinski definition) is 0. The van der Waals surface area contributed by atoms with Gasteiger partial charge in [-0.25, -0.2) is 4.79 Å². The first-order valence-electron chi connectivity index (χ1n) is 4.74. The Kier molecular flexibility index (Phi) is 3.24. The zero-order valence-corrected chi connectivity index (χ0v) is 9.28. The quantitative estimate of drug-likeness (QED) is 0.697. The summed E-state index contributed by atoms with van der Waals surface area (Å²) in [7, 11) is 0. The fourth-order valence-electron chi connectivity index (χ4n) is 1.09. The summed E-state index contributed by atoms with van der Waals surface area (Å²) in [6, 6.07) is 1.63. The number of rotatable bonds is 2. The molecule has 1 aromatic rings. The Morgan fingerprint density at radius 1 is 1.53 bits per heavy atom. The first kappa shape index (κ1) is 11.4. The molecule has 0 aromatic carbocycles. The average molecular weight is 205 g/mol. The molecule has 0 N–H and O–H groups in total. The van der Waals surface area contributed by atoms with Crippen molar-refractivity contribution in [3.05, 3.63) is 36.2 Å². The Morgan fingerprint density at radius 3 is 2.73 bits per heavy atom. The summed E-state index contributed by atoms with van der Waals surface area (Å²) in [5, 5.41) is 0. The summed E-state index contributed by atoms with van der Waals surface area (Å²) < 4.78 is 5.25. The highest BCUT2D eigenvalue weighted by Crippen LogP contribution is 2.15. The molecule has 0 bridgehead atoms. The number of nitrogens with zero attached hydrogens (tertiary/aromatic N) is 1. The zero-order chi connectivity index (χ0) is 11.5. The third-order valence-corrected chi connectivity index (χ3v) is 1.69. The van der Waals surface area contributed by atoms with Crippen molar-refractivity contribution in [2.75, 3.05) is 0 Å². The maximum Gasteiger partial charge on any atom is 0.339 e. The summed E-state index contributed by atoms with van der Waals surface area (Å²) in [5.41, 5.74) is 0.695. The molecule has 0 amide bonds. The standard InChI is InChI=1S/C12H15NO2/c1-5-9-8-13-7-6-10(9)11(14)15-12(2,3)4/h5-8H,1H2,2-4H3. The largest absolute Gasteiger partial charge is 0.456 e. The highest BCUT2D eigenvalue weighted by molar-refractivity contribution is 5.93. The van der Waals surface area contributed by atoms with Gasteiger partial charge in [-0.1, -0.05) is 12.7 Å². The van der Waals surface area contributed by atoms with Gasteiger partial charge < -0.3 is 4.74 Å². The van der Waals surface area contributed by atoms with Gasteiger partial charge in [0.05, 0.1) is 5.56 Å². The van der Waals surface area contributed by atoms with E-state index >= 15 is 0 Å². The van der Waals surface area contributed by atoms with E-state index < -0.39 is 5.60 Å². The van der Waals surface area contributed by atoms with E-state index in [1.807, 2.05) is 20.8 Å². The lowest BCUT2D eigenvalue weighted by Crippen LogP contribution is -2.24. The summed E-state index contributed by atoms with van der Waals surface area (Å²) in [6.07, 6.45) is 4.74. The number of carbonyl (C=O) groups excluding carboxylic acids is 1. The molecule has 3 heteroatoms. The van der Waals surface area contributed by atoms with Crippen molar-refractivity contribution in [3.8, 4) is 0 Å². The molecule has 0 atom stereocenters. The molecule has 0 aliphatic rings. The van der Waals surface area contributed by atoms with Gasteiger partial charge in [-0.2, -0.15) is 0 Å². The van der Waals surface area contributed by atoms with Crippen LogP contribution in [0.5, 0.6) is 0 Å². The zero-order valence-electron chi connectivity index (χ0n) is 9.28. The van der Waals surface area contributed by atoms with E-state index in [4.69, 9.17) is 4.74 Å². The second-order valence-electron chi connectivity index (χ2n) is 4.17. The lowest BCUT2D eigenvalue weighted by atomic mass is 10.1. The van der Waals surface area contributed by atoms with Crippen molar-refractivity contribution in [1.82, 2.24) is 4.98 Å². The number of hydrogen-bond acceptors (Lipinski definition) is 3. The van der Waals surface area contributed by atoms with Crippen LogP contribution < -0.4 is 0 Å². The van der Waals surface area contributed by atoms with Crippen molar-refractivity contribution >= 4 is 12.0 Å². The summed E-state index contributed by atoms with van der Waals surface area (Å²) in [4.78, 5) is 15.7. The van der Waals surface area contributed by atoms with Crippen LogP contribution in [0.25, 0.3) is 6.08 Å². The minimum atomic E-state index is -0.487. The molecule has 0 unspecified atom stereocenters. The van der Waals surface area contributed by atoms with E-state index in [1.165, 1.54) is 0 Å². The van der Waals surface area contributed by atoms with Crippen LogP contribution in [0.15, 0.2) is 25.0 Å². The summed E-state index contributed by atoms with van der Waals surface area (Å²) in [6.45, 7) is 9.12. The fourth-order valence-corrected chi connectivity index (χ4v) is 1.09. The van der Waals surface area contributed by atoms with E-state index in [-0.39, 0.29) is 5.97 Å². The van der Waals surface area contributed by atoms with Crippen LogP contribution in [0.4, 0.5) is 0 Å². The summed E-state index contributed by atoms with van der Waals surface area (Å²) >= 11 is 0. The van der Waals surface area contributed by atoms with Crippen molar-refractivity contribution in [1.29, 1.82) is 0 Å². The van der Waals surface area contributed by atoms with Gasteiger partial charge in [-0.3, -0.25) is 4.98 Å². The van der Waals surface area contributed by atoms with Crippen LogP contribution >= 0.6 is 0 Å². The van der Waals surface area contributed by atoms with Crippen molar-refractivity contribution in [2.24, 2.45) is 0 Å². The van der Waals surface area contributed by atoms with E-state index in [0.29, 0.717) is 11.1 Å². The van der Waals surface area contributed by atoms with Crippen molar-refractivity contribution in [2.45, 2.75) is 26.4 Å². The van der Waals surface area contributed by atoms with Crippen LogP contribution in [0, 0.1) is 0 Å². The van der Waals surface area contributed by atoms with Crippen LogP contribution in [-0.2, 0) is 4.74 Å². The van der Waals surface area contributed by atoms with Gasteiger partial charge in [-0.15, -0.1) is 0 Å². The third-order valence-electron chi connectivity index (χ3n) is 1.69. The smallest absolute Gasteiger partial charge is 0.339 e. The topological polar surface area (TPSA) is 39.2 Å². The molecule has 0 aliphatic heterocycles. The minimum Gasteiger partial charge on any atom is -0.456 e. The van der Waals surface area contributed by atoms with Crippen LogP contribution in [0.3, 0.4) is 0 Å². The highest BCUT2D eigenvalue weighted by atomic mass is 16.6. The molecule has 15 heavy (non-hydrogen) atoms. The van der Waals surface area contributed by atoms with Gasteiger partial charge in [0.15, 0.2) is 0 Å². The molecule has 0 radical (unpaired) electrons. The van der Waals surface area contributed by atoms with Crippen molar-refractivity contribution < 1.29 is 9.53 Å². The first-order valence-corrected chi connectivity index (χ1v) is 4.74.